The van der Waals surface area contributed by atoms with Gasteiger partial charge in [0.05, 0.1) is 150 Å². The Kier molecular flexibility index (Phi) is 22.4. The number of pyridine rings is 3. The summed E-state index contributed by atoms with van der Waals surface area (Å²) in [5.41, 5.74) is -12.0. The summed E-state index contributed by atoms with van der Waals surface area (Å²) in [6.07, 6.45) is -9.60. The first kappa shape index (κ1) is 83.1. The van der Waals surface area contributed by atoms with Gasteiger partial charge in [-0.3, -0.25) is 29.5 Å². The highest BCUT2D eigenvalue weighted by molar-refractivity contribution is 7.48. The van der Waals surface area contributed by atoms with E-state index in [9.17, 15) is 74.9 Å². The second-order valence-corrected chi connectivity index (χ2v) is 32.4. The van der Waals surface area contributed by atoms with Crippen LogP contribution in [0, 0.1) is 17.8 Å². The summed E-state index contributed by atoms with van der Waals surface area (Å²) in [5, 5.41) is 75.5. The zero-order valence-corrected chi connectivity index (χ0v) is 65.5. The molecule has 1 amide bonds. The number of aromatic nitrogens is 3. The fourth-order valence-electron chi connectivity index (χ4n) is 19.8. The van der Waals surface area contributed by atoms with Gasteiger partial charge in [0.25, 0.3) is 0 Å². The van der Waals surface area contributed by atoms with Gasteiger partial charge in [0, 0.05) is 81.7 Å². The largest absolute Gasteiger partial charge is 0.495 e. The van der Waals surface area contributed by atoms with Crippen LogP contribution >= 0.6 is 8.58 Å². The molecule has 9 aliphatic rings. The smallest absolute Gasteiger partial charge is 0.416 e. The predicted octanol–water partition coefficient (Wildman–Crippen LogP) is 10.2. The third kappa shape index (κ3) is 13.6. The molecular formula is C87H86F9N6O16P. The van der Waals surface area contributed by atoms with Crippen LogP contribution in [0.15, 0.2) is 201 Å². The Bertz CT molecular complexity index is 4900. The van der Waals surface area contributed by atoms with E-state index < -0.39 is 122 Å². The summed E-state index contributed by atoms with van der Waals surface area (Å²) < 4.78 is 175. The first-order valence-corrected chi connectivity index (χ1v) is 39.9. The average molecular weight is 1670 g/mol. The summed E-state index contributed by atoms with van der Waals surface area (Å²) in [7, 11) is 4.06. The predicted molar refractivity (Wildman–Crippen MR) is 412 cm³/mol. The molecule has 3 aliphatic carbocycles. The number of carbonyl (C=O) groups is 1. The number of aliphatic hydroxyl groups excluding tert-OH is 3. The van der Waals surface area contributed by atoms with Gasteiger partial charge in [-0.1, -0.05) is 136 Å². The summed E-state index contributed by atoms with van der Waals surface area (Å²) in [4.78, 5) is 32.6. The van der Waals surface area contributed by atoms with Crippen molar-refractivity contribution in [1.82, 2.24) is 29.7 Å². The first-order chi connectivity index (χ1) is 57.1. The van der Waals surface area contributed by atoms with E-state index in [0.717, 1.165) is 52.8 Å². The monoisotopic (exact) mass is 1670 g/mol. The molecule has 0 bridgehead atoms. The highest BCUT2D eigenvalue weighted by Crippen LogP contribution is 2.73. The second kappa shape index (κ2) is 32.1. The number of fused-ring (bicyclic) bond motifs is 9. The topological polar surface area (TPSA) is 270 Å². The van der Waals surface area contributed by atoms with Crippen LogP contribution in [0.4, 0.5) is 39.5 Å². The van der Waals surface area contributed by atoms with Gasteiger partial charge in [-0.15, -0.1) is 0 Å². The van der Waals surface area contributed by atoms with E-state index in [1.54, 1.807) is 4.90 Å². The molecule has 628 valence electrons. The van der Waals surface area contributed by atoms with Gasteiger partial charge in [0.2, 0.25) is 5.91 Å². The molecule has 119 heavy (non-hydrogen) atoms. The number of ether oxygens (including phenoxy) is 9. The van der Waals surface area contributed by atoms with Gasteiger partial charge in [0.15, 0.2) is 33.6 Å². The lowest BCUT2D eigenvalue weighted by molar-refractivity contribution is -0.157. The minimum atomic E-state index is -4.59. The van der Waals surface area contributed by atoms with E-state index in [1.807, 2.05) is 91.0 Å². The number of hydrogen-bond donors (Lipinski definition) is 6. The van der Waals surface area contributed by atoms with Gasteiger partial charge in [-0.2, -0.15) is 39.5 Å². The number of methoxy groups -OCH3 is 3. The molecule has 9 heterocycles. The minimum Gasteiger partial charge on any atom is -0.495 e. The fourth-order valence-corrected chi connectivity index (χ4v) is 21.7. The third-order valence-corrected chi connectivity index (χ3v) is 26.7. The van der Waals surface area contributed by atoms with E-state index in [1.165, 1.54) is 94.9 Å². The molecule has 0 spiro atoms. The van der Waals surface area contributed by atoms with Crippen molar-refractivity contribution >= 4 is 19.8 Å². The number of hydrogen-bond acceptors (Lipinski definition) is 21. The lowest BCUT2D eigenvalue weighted by atomic mass is 9.70. The third-order valence-electron chi connectivity index (χ3n) is 25.0. The van der Waals surface area contributed by atoms with E-state index in [-0.39, 0.29) is 71.2 Å². The zero-order chi connectivity index (χ0) is 83.8. The normalized spacial score (nSPS) is 30.1. The molecule has 6 fully saturated rings. The number of halogens is 9. The number of rotatable bonds is 15. The number of aliphatic hydroxyl groups is 6. The number of nitrogens with zero attached hydrogens (tertiary/aromatic N) is 6. The lowest BCUT2D eigenvalue weighted by Crippen LogP contribution is -2.53. The summed E-state index contributed by atoms with van der Waals surface area (Å²) in [6.45, 7) is 6.90. The van der Waals surface area contributed by atoms with Gasteiger partial charge in [-0.05, 0) is 69.5 Å². The maximum absolute atomic E-state index is 14.2. The quantitative estimate of drug-likeness (QED) is 0.0411. The number of benzene rings is 6. The Hall–Kier alpha value is -9.60. The summed E-state index contributed by atoms with van der Waals surface area (Å²) in [6, 6.07) is 41.5. The Morgan fingerprint density at radius 1 is 0.429 bits per heavy atom. The molecule has 6 N–H and O–H groups in total. The Labute approximate surface area is 679 Å². The summed E-state index contributed by atoms with van der Waals surface area (Å²) in [5.74, 6) is -2.83. The highest BCUT2D eigenvalue weighted by Gasteiger charge is 2.80. The Balaban J connectivity index is 0.000000133. The van der Waals surface area contributed by atoms with E-state index >= 15 is 0 Å². The summed E-state index contributed by atoms with van der Waals surface area (Å²) >= 11 is 0. The molecule has 3 saturated heterocycles. The van der Waals surface area contributed by atoms with E-state index in [4.69, 9.17) is 42.6 Å². The van der Waals surface area contributed by atoms with Crippen LogP contribution < -0.4 is 33.7 Å². The molecule has 16 atom stereocenters. The van der Waals surface area contributed by atoms with Crippen LogP contribution in [0.5, 0.6) is 34.5 Å². The highest BCUT2D eigenvalue weighted by atomic mass is 31.1. The van der Waals surface area contributed by atoms with Crippen LogP contribution in [0.2, 0.25) is 0 Å². The maximum atomic E-state index is 14.2. The molecule has 0 radical (unpaired) electrons. The zero-order valence-electron chi connectivity index (χ0n) is 64.5. The number of carbonyl (C=O) groups excluding carboxylic acids is 1. The van der Waals surface area contributed by atoms with Gasteiger partial charge in [0.1, 0.15) is 40.6 Å². The van der Waals surface area contributed by atoms with Crippen molar-refractivity contribution in [3.63, 3.8) is 0 Å². The van der Waals surface area contributed by atoms with Crippen LogP contribution in [-0.4, -0.2) is 203 Å². The van der Waals surface area contributed by atoms with Crippen molar-refractivity contribution in [1.29, 1.82) is 0 Å². The fraction of sp³-hybridized carbons (Fsp3) is 0.402. The molecule has 3 aromatic heterocycles. The molecule has 6 aliphatic heterocycles. The van der Waals surface area contributed by atoms with Crippen LogP contribution in [0.1, 0.15) is 73.0 Å². The van der Waals surface area contributed by atoms with Crippen molar-refractivity contribution in [3.8, 4) is 34.5 Å². The van der Waals surface area contributed by atoms with Crippen LogP contribution in [0.25, 0.3) is 0 Å². The lowest BCUT2D eigenvalue weighted by Gasteiger charge is -2.41. The molecular weight excluding hydrogens is 1590 g/mol. The van der Waals surface area contributed by atoms with Crippen molar-refractivity contribution < 1.29 is 118 Å². The van der Waals surface area contributed by atoms with Crippen LogP contribution in [0.3, 0.4) is 0 Å². The van der Waals surface area contributed by atoms with Gasteiger partial charge >= 0.3 is 18.5 Å². The van der Waals surface area contributed by atoms with Gasteiger partial charge in [-0.25, -0.2) is 0 Å². The number of morpholine rings is 3. The van der Waals surface area contributed by atoms with E-state index in [0.29, 0.717) is 103 Å². The molecule has 9 aromatic rings. The Morgan fingerprint density at radius 2 is 0.739 bits per heavy atom. The minimum absolute atomic E-state index is 0.0996. The molecule has 3 saturated carbocycles. The number of amides is 1. The van der Waals surface area contributed by atoms with Crippen molar-refractivity contribution in [2.45, 2.75) is 87.9 Å². The molecule has 18 rings (SSSR count). The van der Waals surface area contributed by atoms with Crippen molar-refractivity contribution in [3.05, 3.63) is 262 Å². The maximum Gasteiger partial charge on any atom is 0.416 e. The Morgan fingerprint density at radius 3 is 1.08 bits per heavy atom. The molecule has 1 unspecified atom stereocenters. The second-order valence-electron chi connectivity index (χ2n) is 30.9. The molecule has 22 nitrogen and oxygen atoms in total. The standard InChI is InChI=1S/C29H28F3N2O6P.2C29H29F3N2O5/c1-38-20-15-33-16-21-23(20)27(37)24(35)22(26(36)34-11-13-39-14-12-34)25(41-19-5-3-2-4-6-19)28(27,40-21)17-7-9-18(10-8-17)29(30,31)32;2*1-37-22-15-33-16-23-25(22)27(36)26(35)21(17-34-11-13-38-14-12-34)24(18-5-3-2-4-6-18)28(27,39-23)19-7-9-20(10-8-19)29(30,31)32/h2-10,15-16,22,24-25,35,37,41H,11-14H2,1H3;2*2-10,15-16,21,24,26,35-36H,11-14,17H2,1H3/t22-,24+,25+,27-,28-;2*21-,24-,26-,27+,28+/m011/s1. The van der Waals surface area contributed by atoms with Crippen LogP contribution in [-0.2, 0) is 71.1 Å². The van der Waals surface area contributed by atoms with Crippen molar-refractivity contribution in [2.24, 2.45) is 17.8 Å². The molecule has 32 heteroatoms. The van der Waals surface area contributed by atoms with E-state index in [2.05, 4.69) is 24.8 Å². The van der Waals surface area contributed by atoms with Gasteiger partial charge < -0.3 is 78.2 Å². The average Bonchev–Trinajstić information content (AvgIpc) is 1.51. The molecule has 6 aromatic carbocycles. The number of alkyl halides is 9. The SMILES string of the molecule is COc1cncc2c1[C@]1(O)[C@H](O)[C@H](C(=O)N3CCOCC3)[C@@H](Pc3ccccc3)[C@]1(c1ccc(C(F)(F)F)cc1)O2.COc1cncc2c1[C@]1(O)[C@H](O)[C@H](CN3CCOCC3)[C@@H](c3ccccc3)[C@]1(c1ccc(C(F)(F)F)cc1)O2.COc1cncc2c1[C@]1(O)[C@H](O)[C@H](CN3CCOCC3)[C@@H](c3ccccc3)[C@]1(c1ccc(C(F)(F)F)cc1)O2. The van der Waals surface area contributed by atoms with Crippen molar-refractivity contribution in [2.75, 3.05) is 113 Å². The first-order valence-electron chi connectivity index (χ1n) is 38.8.